The summed E-state index contributed by atoms with van der Waals surface area (Å²) in [5.41, 5.74) is 1.67. The molecule has 86 valence electrons. The third-order valence-corrected chi connectivity index (χ3v) is 4.19. The minimum atomic E-state index is -0.335. The minimum absolute atomic E-state index is 0.285. The molecule has 4 rings (SSSR count). The Morgan fingerprint density at radius 1 is 1.29 bits per heavy atom. The summed E-state index contributed by atoms with van der Waals surface area (Å²) in [7, 11) is 0. The number of H-pyrrole nitrogens is 1. The summed E-state index contributed by atoms with van der Waals surface area (Å²) in [6, 6.07) is 2.45. The van der Waals surface area contributed by atoms with Gasteiger partial charge in [-0.2, -0.15) is 0 Å². The van der Waals surface area contributed by atoms with Gasteiger partial charge >= 0.3 is 0 Å². The van der Waals surface area contributed by atoms with Crippen molar-refractivity contribution in [3.8, 4) is 0 Å². The number of hydrogen-bond acceptors (Lipinski definition) is 1. The molecule has 1 fully saturated rings. The first-order chi connectivity index (χ1) is 8.23. The van der Waals surface area contributed by atoms with E-state index < -0.39 is 0 Å². The number of benzene rings is 1. The van der Waals surface area contributed by atoms with Gasteiger partial charge in [-0.3, -0.25) is 0 Å². The maximum atomic E-state index is 14.0. The predicted octanol–water partition coefficient (Wildman–Crippen LogP) is 2.55. The number of fused-ring (bicyclic) bond motifs is 3. The summed E-state index contributed by atoms with van der Waals surface area (Å²) in [6.45, 7) is 0. The van der Waals surface area contributed by atoms with Crippen molar-refractivity contribution in [3.05, 3.63) is 53.1 Å². The molecule has 2 aliphatic rings. The molecule has 1 aromatic heterocycles. The summed E-state index contributed by atoms with van der Waals surface area (Å²) >= 11 is 0. The van der Waals surface area contributed by atoms with Gasteiger partial charge in [0.15, 0.2) is 0 Å². The van der Waals surface area contributed by atoms with E-state index in [9.17, 15) is 8.78 Å². The van der Waals surface area contributed by atoms with Crippen LogP contribution in [-0.4, -0.2) is 9.97 Å². The highest BCUT2D eigenvalue weighted by Gasteiger charge is 2.63. The van der Waals surface area contributed by atoms with Crippen LogP contribution in [0.2, 0.25) is 0 Å². The van der Waals surface area contributed by atoms with Crippen molar-refractivity contribution < 1.29 is 8.78 Å². The van der Waals surface area contributed by atoms with Crippen LogP contribution in [0.1, 0.15) is 23.2 Å². The molecule has 0 radical (unpaired) electrons. The zero-order chi connectivity index (χ0) is 11.6. The van der Waals surface area contributed by atoms with Gasteiger partial charge in [-0.05, 0) is 36.5 Å². The highest BCUT2D eigenvalue weighted by Crippen LogP contribution is 2.65. The zero-order valence-electron chi connectivity index (χ0n) is 9.00. The van der Waals surface area contributed by atoms with Crippen LogP contribution in [0.5, 0.6) is 0 Å². The average Bonchev–Trinajstić information content (AvgIpc) is 2.77. The smallest absolute Gasteiger partial charge is 0.127 e. The van der Waals surface area contributed by atoms with E-state index in [0.717, 1.165) is 12.1 Å². The maximum absolute atomic E-state index is 14.0. The standard InChI is InChI=1S/C13H10F2N2/c14-9-1-2-10(15)12-8(9)3-7-4-13(7,12)11-5-16-6-17-11/h1-2,5-7H,3-4H2,(H,16,17). The van der Waals surface area contributed by atoms with Crippen LogP contribution in [0.25, 0.3) is 0 Å². The van der Waals surface area contributed by atoms with Gasteiger partial charge in [0.1, 0.15) is 11.6 Å². The van der Waals surface area contributed by atoms with Crippen LogP contribution in [0.3, 0.4) is 0 Å². The molecule has 2 aromatic rings. The molecule has 0 saturated heterocycles. The van der Waals surface area contributed by atoms with Crippen molar-refractivity contribution >= 4 is 0 Å². The van der Waals surface area contributed by atoms with E-state index >= 15 is 0 Å². The first-order valence-electron chi connectivity index (χ1n) is 5.69. The second-order valence-corrected chi connectivity index (χ2v) is 4.92. The van der Waals surface area contributed by atoms with Gasteiger partial charge in [0, 0.05) is 22.9 Å². The van der Waals surface area contributed by atoms with Crippen molar-refractivity contribution in [3.63, 3.8) is 0 Å². The van der Waals surface area contributed by atoms with Crippen LogP contribution >= 0.6 is 0 Å². The Bertz CT molecular complexity index is 606. The second kappa shape index (κ2) is 2.75. The van der Waals surface area contributed by atoms with Gasteiger partial charge in [0.05, 0.1) is 6.33 Å². The fourth-order valence-corrected chi connectivity index (χ4v) is 3.37. The second-order valence-electron chi connectivity index (χ2n) is 4.92. The Hall–Kier alpha value is -1.71. The lowest BCUT2D eigenvalue weighted by atomic mass is 9.92. The number of hydrogen-bond donors (Lipinski definition) is 1. The number of aromatic amines is 1. The lowest BCUT2D eigenvalue weighted by molar-refractivity contribution is 0.569. The van der Waals surface area contributed by atoms with Gasteiger partial charge < -0.3 is 4.98 Å². The van der Waals surface area contributed by atoms with Crippen LogP contribution in [-0.2, 0) is 11.8 Å². The number of imidazole rings is 1. The number of nitrogens with one attached hydrogen (secondary N) is 1. The summed E-state index contributed by atoms with van der Waals surface area (Å²) in [5, 5.41) is 0. The van der Waals surface area contributed by atoms with E-state index in [0.29, 0.717) is 23.5 Å². The van der Waals surface area contributed by atoms with Gasteiger partial charge in [-0.25, -0.2) is 13.8 Å². The lowest BCUT2D eigenvalue weighted by Crippen LogP contribution is -2.12. The molecule has 1 N–H and O–H groups in total. The van der Waals surface area contributed by atoms with Crippen LogP contribution in [0.15, 0.2) is 24.7 Å². The predicted molar refractivity (Wildman–Crippen MR) is 57.5 cm³/mol. The molecule has 2 nitrogen and oxygen atoms in total. The molecular formula is C13H10F2N2. The average molecular weight is 232 g/mol. The van der Waals surface area contributed by atoms with Crippen molar-refractivity contribution in [2.24, 2.45) is 5.92 Å². The molecule has 0 spiro atoms. The first-order valence-corrected chi connectivity index (χ1v) is 5.69. The minimum Gasteiger partial charge on any atom is -0.348 e. The van der Waals surface area contributed by atoms with Crippen LogP contribution in [0, 0.1) is 17.6 Å². The van der Waals surface area contributed by atoms with Crippen LogP contribution in [0.4, 0.5) is 8.78 Å². The molecule has 1 heterocycles. The van der Waals surface area contributed by atoms with Gasteiger partial charge in [-0.15, -0.1) is 0 Å². The van der Waals surface area contributed by atoms with E-state index in [-0.39, 0.29) is 17.0 Å². The first kappa shape index (κ1) is 9.33. The molecule has 0 amide bonds. The Kier molecular flexibility index (Phi) is 1.51. The summed E-state index contributed by atoms with van der Waals surface area (Å²) in [4.78, 5) is 7.04. The number of rotatable bonds is 1. The number of nitrogens with zero attached hydrogens (tertiary/aromatic N) is 1. The Balaban J connectivity index is 2.00. The van der Waals surface area contributed by atoms with Gasteiger partial charge in [0.2, 0.25) is 0 Å². The van der Waals surface area contributed by atoms with E-state index in [2.05, 4.69) is 9.97 Å². The van der Waals surface area contributed by atoms with Gasteiger partial charge in [-0.1, -0.05) is 0 Å². The molecule has 0 aliphatic heterocycles. The summed E-state index contributed by atoms with van der Waals surface area (Å²) < 4.78 is 27.7. The fourth-order valence-electron chi connectivity index (χ4n) is 3.37. The SMILES string of the molecule is Fc1ccc(F)c2c1CC1CC21c1cnc[nH]1. The summed E-state index contributed by atoms with van der Waals surface area (Å²) in [6.07, 6.45) is 4.84. The van der Waals surface area contributed by atoms with Crippen molar-refractivity contribution in [2.75, 3.05) is 0 Å². The molecule has 17 heavy (non-hydrogen) atoms. The number of aromatic nitrogens is 2. The van der Waals surface area contributed by atoms with E-state index in [1.807, 2.05) is 0 Å². The molecule has 2 atom stereocenters. The monoisotopic (exact) mass is 232 g/mol. The normalized spacial score (nSPS) is 28.9. The zero-order valence-corrected chi connectivity index (χ0v) is 9.00. The quantitative estimate of drug-likeness (QED) is 0.804. The van der Waals surface area contributed by atoms with Crippen molar-refractivity contribution in [1.82, 2.24) is 9.97 Å². The molecule has 1 aromatic carbocycles. The van der Waals surface area contributed by atoms with Gasteiger partial charge in [0.25, 0.3) is 0 Å². The molecular weight excluding hydrogens is 222 g/mol. The highest BCUT2D eigenvalue weighted by atomic mass is 19.1. The largest absolute Gasteiger partial charge is 0.348 e. The Morgan fingerprint density at radius 3 is 2.88 bits per heavy atom. The molecule has 2 unspecified atom stereocenters. The topological polar surface area (TPSA) is 28.7 Å². The third kappa shape index (κ3) is 0.965. The summed E-state index contributed by atoms with van der Waals surface area (Å²) in [5.74, 6) is -0.257. The van der Waals surface area contributed by atoms with E-state index in [4.69, 9.17) is 0 Å². The third-order valence-electron chi connectivity index (χ3n) is 4.19. The van der Waals surface area contributed by atoms with E-state index in [1.165, 1.54) is 12.1 Å². The Labute approximate surface area is 96.7 Å². The fraction of sp³-hybridized carbons (Fsp3) is 0.308. The molecule has 2 aliphatic carbocycles. The van der Waals surface area contributed by atoms with Crippen LogP contribution < -0.4 is 0 Å². The highest BCUT2D eigenvalue weighted by molar-refractivity contribution is 5.54. The maximum Gasteiger partial charge on any atom is 0.127 e. The van der Waals surface area contributed by atoms with Crippen molar-refractivity contribution in [2.45, 2.75) is 18.3 Å². The molecule has 1 saturated carbocycles. The molecule has 0 bridgehead atoms. The van der Waals surface area contributed by atoms with Crippen molar-refractivity contribution in [1.29, 1.82) is 0 Å². The van der Waals surface area contributed by atoms with E-state index in [1.54, 1.807) is 12.5 Å². The Morgan fingerprint density at radius 2 is 2.12 bits per heavy atom. The lowest BCUT2D eigenvalue weighted by Gasteiger charge is -2.14. The number of halogens is 2. The molecule has 4 heteroatoms.